The second-order valence-electron chi connectivity index (χ2n) is 7.73. The van der Waals surface area contributed by atoms with Crippen LogP contribution in [-0.2, 0) is 6.42 Å². The van der Waals surface area contributed by atoms with Crippen LogP contribution in [0.1, 0.15) is 16.7 Å². The molecular formula is C27H29FN6O. The lowest BCUT2D eigenvalue weighted by molar-refractivity contribution is 0.194. The normalized spacial score (nSPS) is 14.7. The molecule has 2 aromatic carbocycles. The Labute approximate surface area is 205 Å². The first-order chi connectivity index (χ1) is 17.1. The van der Waals surface area contributed by atoms with E-state index in [9.17, 15) is 4.39 Å². The monoisotopic (exact) mass is 472 g/mol. The van der Waals surface area contributed by atoms with E-state index in [-0.39, 0.29) is 11.9 Å². The number of anilines is 1. The molecule has 180 valence electrons. The van der Waals surface area contributed by atoms with Crippen LogP contribution in [-0.4, -0.2) is 44.0 Å². The van der Waals surface area contributed by atoms with Crippen molar-refractivity contribution in [2.45, 2.75) is 12.5 Å². The van der Waals surface area contributed by atoms with Gasteiger partial charge in [0.05, 0.1) is 23.9 Å². The summed E-state index contributed by atoms with van der Waals surface area (Å²) in [5.41, 5.74) is 9.00. The number of nitrogens with one attached hydrogen (secondary N) is 2. The smallest absolute Gasteiger partial charge is 0.237 e. The van der Waals surface area contributed by atoms with Crippen LogP contribution in [0.4, 0.5) is 10.1 Å². The molecule has 2 heterocycles. The summed E-state index contributed by atoms with van der Waals surface area (Å²) in [6.07, 6.45) is 5.31. The third kappa shape index (κ3) is 7.66. The molecule has 0 aliphatic carbocycles. The molecule has 0 saturated carbocycles. The summed E-state index contributed by atoms with van der Waals surface area (Å²) >= 11 is 0. The van der Waals surface area contributed by atoms with E-state index in [2.05, 4.69) is 20.6 Å². The standard InChI is InChI=1S/C21H23FN6O.C6H6/c1-25-10-17(9-24)16-7-20-21(28-11-16)29-18(13-27-20)12-26-5-4-15-3-2-14(8-23)6-19(15)22;1-2-4-6-5-3-1/h2-3,6-7,9-11,18,26-27H,4-5,12-13,24H2,1H3;1-6H/b17-9+,25-10?;. The van der Waals surface area contributed by atoms with Crippen LogP contribution in [0.25, 0.3) is 5.57 Å². The Kier molecular flexibility index (Phi) is 9.78. The highest BCUT2D eigenvalue weighted by Gasteiger charge is 2.21. The molecule has 0 spiro atoms. The van der Waals surface area contributed by atoms with Gasteiger partial charge in [-0.15, -0.1) is 0 Å². The molecule has 4 rings (SSSR count). The minimum absolute atomic E-state index is 0.0895. The van der Waals surface area contributed by atoms with Crippen molar-refractivity contribution in [1.82, 2.24) is 10.3 Å². The van der Waals surface area contributed by atoms with Crippen molar-refractivity contribution in [2.75, 3.05) is 32.0 Å². The van der Waals surface area contributed by atoms with E-state index in [0.29, 0.717) is 43.1 Å². The quantitative estimate of drug-likeness (QED) is 0.357. The first kappa shape index (κ1) is 25.4. The Morgan fingerprint density at radius 3 is 2.66 bits per heavy atom. The molecule has 0 saturated heterocycles. The molecule has 1 aromatic heterocycles. The fourth-order valence-corrected chi connectivity index (χ4v) is 3.41. The third-order valence-corrected chi connectivity index (χ3v) is 5.22. The summed E-state index contributed by atoms with van der Waals surface area (Å²) < 4.78 is 19.8. The van der Waals surface area contributed by atoms with Crippen LogP contribution in [0.2, 0.25) is 0 Å². The van der Waals surface area contributed by atoms with E-state index < -0.39 is 0 Å². The first-order valence-corrected chi connectivity index (χ1v) is 11.3. The molecule has 3 aromatic rings. The van der Waals surface area contributed by atoms with E-state index in [0.717, 1.165) is 16.8 Å². The van der Waals surface area contributed by atoms with E-state index >= 15 is 0 Å². The zero-order valence-corrected chi connectivity index (χ0v) is 19.6. The van der Waals surface area contributed by atoms with E-state index in [4.69, 9.17) is 15.7 Å². The molecule has 0 radical (unpaired) electrons. The van der Waals surface area contributed by atoms with Gasteiger partial charge in [-0.25, -0.2) is 9.37 Å². The molecular weight excluding hydrogens is 443 g/mol. The van der Waals surface area contributed by atoms with Gasteiger partial charge in [0.15, 0.2) is 0 Å². The lowest BCUT2D eigenvalue weighted by atomic mass is 10.1. The number of aromatic nitrogens is 1. The molecule has 0 fully saturated rings. The number of pyridine rings is 1. The van der Waals surface area contributed by atoms with Crippen molar-refractivity contribution in [3.63, 3.8) is 0 Å². The van der Waals surface area contributed by atoms with Crippen LogP contribution >= 0.6 is 0 Å². The first-order valence-electron chi connectivity index (χ1n) is 11.3. The number of halogens is 1. The van der Waals surface area contributed by atoms with Crippen molar-refractivity contribution in [3.05, 3.63) is 95.6 Å². The number of rotatable bonds is 7. The molecule has 35 heavy (non-hydrogen) atoms. The van der Waals surface area contributed by atoms with Crippen LogP contribution in [0.3, 0.4) is 0 Å². The maximum absolute atomic E-state index is 13.9. The fraction of sp³-hybridized carbons (Fsp3) is 0.222. The summed E-state index contributed by atoms with van der Waals surface area (Å²) in [6.45, 7) is 1.83. The highest BCUT2D eigenvalue weighted by atomic mass is 19.1. The molecule has 1 aliphatic rings. The average Bonchev–Trinajstić information content (AvgIpc) is 2.91. The maximum Gasteiger partial charge on any atom is 0.237 e. The predicted molar refractivity (Wildman–Crippen MR) is 138 cm³/mol. The highest BCUT2D eigenvalue weighted by Crippen LogP contribution is 2.29. The third-order valence-electron chi connectivity index (χ3n) is 5.22. The summed E-state index contributed by atoms with van der Waals surface area (Å²) in [5.74, 6) is 0.184. The zero-order valence-electron chi connectivity index (χ0n) is 19.6. The van der Waals surface area contributed by atoms with Crippen LogP contribution < -0.4 is 21.1 Å². The molecule has 8 heteroatoms. The number of nitrogens with zero attached hydrogens (tertiary/aromatic N) is 3. The Morgan fingerprint density at radius 2 is 2.03 bits per heavy atom. The molecule has 1 unspecified atom stereocenters. The number of benzene rings is 2. The SMILES string of the molecule is CN=C/C(=C\N)c1cnc2c(c1)NCC(CNCCc1ccc(C#N)cc1F)O2.c1ccccc1. The van der Waals surface area contributed by atoms with Crippen LogP contribution in [0.5, 0.6) is 5.88 Å². The lowest BCUT2D eigenvalue weighted by Gasteiger charge is -2.27. The largest absolute Gasteiger partial charge is 0.470 e. The summed E-state index contributed by atoms with van der Waals surface area (Å²) in [7, 11) is 1.68. The predicted octanol–water partition coefficient (Wildman–Crippen LogP) is 3.78. The summed E-state index contributed by atoms with van der Waals surface area (Å²) in [6, 6.07) is 20.4. The average molecular weight is 473 g/mol. The molecule has 0 bridgehead atoms. The number of allylic oxidation sites excluding steroid dienone is 1. The number of nitrogens with two attached hydrogens (primary N) is 1. The number of aliphatic imine (C=N–C) groups is 1. The Balaban J connectivity index is 0.000000497. The van der Waals surface area contributed by atoms with Crippen molar-refractivity contribution < 1.29 is 9.13 Å². The number of nitriles is 1. The molecule has 1 atom stereocenters. The van der Waals surface area contributed by atoms with Gasteiger partial charge in [0.2, 0.25) is 5.88 Å². The molecule has 7 nitrogen and oxygen atoms in total. The van der Waals surface area contributed by atoms with Crippen LogP contribution in [0, 0.1) is 17.1 Å². The minimum Gasteiger partial charge on any atom is -0.470 e. The Morgan fingerprint density at radius 1 is 1.29 bits per heavy atom. The van der Waals surface area contributed by atoms with Gasteiger partial charge in [0, 0.05) is 43.3 Å². The number of ether oxygens (including phenoxy) is 1. The van der Waals surface area contributed by atoms with Crippen LogP contribution in [0.15, 0.2) is 78.1 Å². The second kappa shape index (κ2) is 13.5. The number of hydrogen-bond donors (Lipinski definition) is 3. The van der Waals surface area contributed by atoms with Gasteiger partial charge in [0.25, 0.3) is 0 Å². The number of fused-ring (bicyclic) bond motifs is 1. The Hall–Kier alpha value is -4.22. The minimum atomic E-state index is -0.352. The van der Waals surface area contributed by atoms with E-state index in [1.165, 1.54) is 12.3 Å². The maximum atomic E-state index is 13.9. The van der Waals surface area contributed by atoms with Crippen molar-refractivity contribution in [3.8, 4) is 11.9 Å². The van der Waals surface area contributed by atoms with E-state index in [1.807, 2.05) is 48.5 Å². The van der Waals surface area contributed by atoms with Gasteiger partial charge in [-0.05, 0) is 36.7 Å². The number of hydrogen-bond acceptors (Lipinski definition) is 7. The van der Waals surface area contributed by atoms with Crippen molar-refractivity contribution >= 4 is 17.5 Å². The summed E-state index contributed by atoms with van der Waals surface area (Å²) in [4.78, 5) is 8.36. The van der Waals surface area contributed by atoms with Gasteiger partial charge in [0.1, 0.15) is 11.9 Å². The van der Waals surface area contributed by atoms with E-state index in [1.54, 1.807) is 31.6 Å². The topological polar surface area (TPSA) is 108 Å². The fourth-order valence-electron chi connectivity index (χ4n) is 3.41. The summed E-state index contributed by atoms with van der Waals surface area (Å²) in [5, 5.41) is 15.4. The van der Waals surface area contributed by atoms with Crippen molar-refractivity contribution in [1.29, 1.82) is 5.26 Å². The molecule has 1 aliphatic heterocycles. The molecule has 0 amide bonds. The van der Waals surface area contributed by atoms with Gasteiger partial charge >= 0.3 is 0 Å². The Bertz CT molecular complexity index is 1160. The van der Waals surface area contributed by atoms with Gasteiger partial charge < -0.3 is 21.1 Å². The van der Waals surface area contributed by atoms with Gasteiger partial charge in [-0.1, -0.05) is 42.5 Å². The van der Waals surface area contributed by atoms with Gasteiger partial charge in [-0.2, -0.15) is 5.26 Å². The van der Waals surface area contributed by atoms with Crippen molar-refractivity contribution in [2.24, 2.45) is 10.7 Å². The zero-order chi connectivity index (χ0) is 24.9. The highest BCUT2D eigenvalue weighted by molar-refractivity contribution is 6.09. The second-order valence-corrected chi connectivity index (χ2v) is 7.73. The molecule has 4 N–H and O–H groups in total. The lowest BCUT2D eigenvalue weighted by Crippen LogP contribution is -2.40. The van der Waals surface area contributed by atoms with Gasteiger partial charge in [-0.3, -0.25) is 4.99 Å².